The smallest absolute Gasteiger partial charge is 0.150 e. The third-order valence-electron chi connectivity index (χ3n) is 1.67. The Labute approximate surface area is 70.6 Å². The number of aldehydes is 1. The third kappa shape index (κ3) is 1.46. The lowest BCUT2D eigenvalue weighted by Gasteiger charge is -2.06. The molecular weight excluding hydrogens is 156 g/mol. The Hall–Kier alpha value is -1.35. The van der Waals surface area contributed by atoms with E-state index in [2.05, 4.69) is 0 Å². The molecule has 64 valence electrons. The average Bonchev–Trinajstić information content (AvgIpc) is 2.16. The Morgan fingerprint density at radius 1 is 1.58 bits per heavy atom. The lowest BCUT2D eigenvalue weighted by molar-refractivity contribution is 0.112. The van der Waals surface area contributed by atoms with E-state index in [1.54, 1.807) is 18.2 Å². The SMILES string of the molecule is COc1cccc(C=O)c1CO. The van der Waals surface area contributed by atoms with Crippen molar-refractivity contribution in [1.29, 1.82) is 0 Å². The van der Waals surface area contributed by atoms with Crippen LogP contribution in [-0.2, 0) is 6.61 Å². The highest BCUT2D eigenvalue weighted by molar-refractivity contribution is 5.78. The standard InChI is InChI=1S/C9H10O3/c1-12-9-4-2-3-7(5-10)8(9)6-11/h2-5,11H,6H2,1H3. The van der Waals surface area contributed by atoms with E-state index < -0.39 is 0 Å². The Morgan fingerprint density at radius 3 is 2.83 bits per heavy atom. The summed E-state index contributed by atoms with van der Waals surface area (Å²) in [5, 5.41) is 8.92. The van der Waals surface area contributed by atoms with Crippen LogP contribution in [0, 0.1) is 0 Å². The van der Waals surface area contributed by atoms with Gasteiger partial charge >= 0.3 is 0 Å². The molecule has 0 aliphatic carbocycles. The fourth-order valence-corrected chi connectivity index (χ4v) is 1.05. The molecule has 0 aromatic heterocycles. The minimum absolute atomic E-state index is 0.182. The lowest BCUT2D eigenvalue weighted by atomic mass is 10.1. The molecule has 0 bridgehead atoms. The Balaban J connectivity index is 3.21. The first-order chi connectivity index (χ1) is 5.83. The van der Waals surface area contributed by atoms with Gasteiger partial charge in [0.2, 0.25) is 0 Å². The lowest BCUT2D eigenvalue weighted by Crippen LogP contribution is -1.96. The van der Waals surface area contributed by atoms with E-state index in [4.69, 9.17) is 9.84 Å². The predicted octanol–water partition coefficient (Wildman–Crippen LogP) is 1.00. The van der Waals surface area contributed by atoms with Crippen LogP contribution in [0.1, 0.15) is 15.9 Å². The summed E-state index contributed by atoms with van der Waals surface area (Å²) in [4.78, 5) is 10.5. The molecule has 0 unspecified atom stereocenters. The molecule has 0 amide bonds. The molecule has 0 radical (unpaired) electrons. The summed E-state index contributed by atoms with van der Waals surface area (Å²) in [6.45, 7) is -0.182. The second-order valence-corrected chi connectivity index (χ2v) is 2.30. The third-order valence-corrected chi connectivity index (χ3v) is 1.67. The summed E-state index contributed by atoms with van der Waals surface area (Å²) in [5.74, 6) is 0.544. The number of ether oxygens (including phenoxy) is 1. The number of aliphatic hydroxyl groups is 1. The fraction of sp³-hybridized carbons (Fsp3) is 0.222. The maximum atomic E-state index is 10.5. The monoisotopic (exact) mass is 166 g/mol. The molecule has 1 rings (SSSR count). The van der Waals surface area contributed by atoms with E-state index in [0.717, 1.165) is 0 Å². The molecule has 12 heavy (non-hydrogen) atoms. The minimum Gasteiger partial charge on any atom is -0.496 e. The van der Waals surface area contributed by atoms with E-state index in [9.17, 15) is 4.79 Å². The van der Waals surface area contributed by atoms with Gasteiger partial charge in [0.25, 0.3) is 0 Å². The molecule has 0 saturated carbocycles. The van der Waals surface area contributed by atoms with Crippen molar-refractivity contribution in [3.05, 3.63) is 29.3 Å². The molecule has 1 aromatic rings. The van der Waals surface area contributed by atoms with Crippen molar-refractivity contribution in [2.45, 2.75) is 6.61 Å². The van der Waals surface area contributed by atoms with Crippen LogP contribution in [0.5, 0.6) is 5.75 Å². The topological polar surface area (TPSA) is 46.5 Å². The minimum atomic E-state index is -0.182. The van der Waals surface area contributed by atoms with Crippen LogP contribution in [0.3, 0.4) is 0 Å². The van der Waals surface area contributed by atoms with Gasteiger partial charge in [-0.25, -0.2) is 0 Å². The van der Waals surface area contributed by atoms with Gasteiger partial charge in [0, 0.05) is 11.1 Å². The van der Waals surface area contributed by atoms with Gasteiger partial charge in [-0.1, -0.05) is 12.1 Å². The van der Waals surface area contributed by atoms with Crippen LogP contribution >= 0.6 is 0 Å². The van der Waals surface area contributed by atoms with Crippen LogP contribution in [0.25, 0.3) is 0 Å². The van der Waals surface area contributed by atoms with Gasteiger partial charge in [0.1, 0.15) is 5.75 Å². The first kappa shape index (κ1) is 8.74. The van der Waals surface area contributed by atoms with Gasteiger partial charge < -0.3 is 9.84 Å². The first-order valence-electron chi connectivity index (χ1n) is 3.55. The van der Waals surface area contributed by atoms with Crippen LogP contribution in [0.2, 0.25) is 0 Å². The van der Waals surface area contributed by atoms with Crippen molar-refractivity contribution in [1.82, 2.24) is 0 Å². The number of carbonyl (C=O) groups excluding carboxylic acids is 1. The van der Waals surface area contributed by atoms with E-state index in [-0.39, 0.29) is 6.61 Å². The van der Waals surface area contributed by atoms with Gasteiger partial charge in [-0.2, -0.15) is 0 Å². The highest BCUT2D eigenvalue weighted by atomic mass is 16.5. The number of aliphatic hydroxyl groups excluding tert-OH is 1. The quantitative estimate of drug-likeness (QED) is 0.681. The van der Waals surface area contributed by atoms with E-state index in [0.29, 0.717) is 23.2 Å². The van der Waals surface area contributed by atoms with Crippen LogP contribution in [0.15, 0.2) is 18.2 Å². The highest BCUT2D eigenvalue weighted by Crippen LogP contribution is 2.20. The Bertz CT molecular complexity index is 281. The van der Waals surface area contributed by atoms with Crippen LogP contribution < -0.4 is 4.74 Å². The van der Waals surface area contributed by atoms with Gasteiger partial charge in [-0.3, -0.25) is 4.79 Å². The second-order valence-electron chi connectivity index (χ2n) is 2.30. The maximum absolute atomic E-state index is 10.5. The summed E-state index contributed by atoms with van der Waals surface area (Å²) in [7, 11) is 1.50. The summed E-state index contributed by atoms with van der Waals surface area (Å²) in [5.41, 5.74) is 1.01. The van der Waals surface area contributed by atoms with Crippen molar-refractivity contribution >= 4 is 6.29 Å². The van der Waals surface area contributed by atoms with Crippen LogP contribution in [0.4, 0.5) is 0 Å². The van der Waals surface area contributed by atoms with Crippen molar-refractivity contribution in [3.8, 4) is 5.75 Å². The molecule has 0 atom stereocenters. The molecule has 0 saturated heterocycles. The highest BCUT2D eigenvalue weighted by Gasteiger charge is 2.05. The van der Waals surface area contributed by atoms with Gasteiger partial charge in [0.05, 0.1) is 13.7 Å². The molecular formula is C9H10O3. The molecule has 0 aliphatic rings. The summed E-state index contributed by atoms with van der Waals surface area (Å²) < 4.78 is 4.96. The summed E-state index contributed by atoms with van der Waals surface area (Å²) in [6, 6.07) is 5.06. The van der Waals surface area contributed by atoms with Crippen molar-refractivity contribution in [2.75, 3.05) is 7.11 Å². The van der Waals surface area contributed by atoms with Crippen molar-refractivity contribution in [3.63, 3.8) is 0 Å². The summed E-state index contributed by atoms with van der Waals surface area (Å²) >= 11 is 0. The largest absolute Gasteiger partial charge is 0.496 e. The first-order valence-corrected chi connectivity index (χ1v) is 3.55. The predicted molar refractivity (Wildman–Crippen MR) is 44.3 cm³/mol. The molecule has 0 spiro atoms. The van der Waals surface area contributed by atoms with E-state index in [1.165, 1.54) is 7.11 Å². The Kier molecular flexibility index (Phi) is 2.82. The van der Waals surface area contributed by atoms with E-state index >= 15 is 0 Å². The fourth-order valence-electron chi connectivity index (χ4n) is 1.05. The summed E-state index contributed by atoms with van der Waals surface area (Å²) in [6.07, 6.45) is 0.702. The molecule has 3 heteroatoms. The van der Waals surface area contributed by atoms with Crippen LogP contribution in [-0.4, -0.2) is 18.5 Å². The molecule has 1 N–H and O–H groups in total. The second kappa shape index (κ2) is 3.88. The molecule has 3 nitrogen and oxygen atoms in total. The number of benzene rings is 1. The number of carbonyl (C=O) groups is 1. The van der Waals surface area contributed by atoms with Crippen molar-refractivity contribution < 1.29 is 14.6 Å². The molecule has 0 heterocycles. The zero-order valence-corrected chi connectivity index (χ0v) is 6.78. The maximum Gasteiger partial charge on any atom is 0.150 e. The molecule has 0 fully saturated rings. The number of rotatable bonds is 3. The van der Waals surface area contributed by atoms with Gasteiger partial charge in [-0.15, -0.1) is 0 Å². The average molecular weight is 166 g/mol. The van der Waals surface area contributed by atoms with Gasteiger partial charge in [-0.05, 0) is 6.07 Å². The van der Waals surface area contributed by atoms with E-state index in [1.807, 2.05) is 0 Å². The van der Waals surface area contributed by atoms with Gasteiger partial charge in [0.15, 0.2) is 6.29 Å². The van der Waals surface area contributed by atoms with Crippen molar-refractivity contribution in [2.24, 2.45) is 0 Å². The molecule has 1 aromatic carbocycles. The number of hydrogen-bond donors (Lipinski definition) is 1. The Morgan fingerprint density at radius 2 is 2.33 bits per heavy atom. The zero-order valence-electron chi connectivity index (χ0n) is 6.78. The number of methoxy groups -OCH3 is 1. The molecule has 0 aliphatic heterocycles. The normalized spacial score (nSPS) is 9.50. The number of hydrogen-bond acceptors (Lipinski definition) is 3. The zero-order chi connectivity index (χ0) is 8.97.